The monoisotopic (exact) mass is 247 g/mol. The van der Waals surface area contributed by atoms with Crippen molar-refractivity contribution in [1.29, 1.82) is 0 Å². The highest BCUT2D eigenvalue weighted by molar-refractivity contribution is 5.50. The molecule has 2 aliphatic rings. The number of aryl methyl sites for hydroxylation is 1. The lowest BCUT2D eigenvalue weighted by Gasteiger charge is -2.31. The van der Waals surface area contributed by atoms with Crippen molar-refractivity contribution in [2.24, 2.45) is 0 Å². The molecule has 1 atom stereocenters. The van der Waals surface area contributed by atoms with Crippen LogP contribution in [0.3, 0.4) is 0 Å². The van der Waals surface area contributed by atoms with Crippen molar-refractivity contribution >= 4 is 5.82 Å². The number of ether oxygens (including phenoxy) is 1. The van der Waals surface area contributed by atoms with Gasteiger partial charge in [0.25, 0.3) is 0 Å². The van der Waals surface area contributed by atoms with E-state index in [1.165, 1.54) is 11.4 Å². The highest BCUT2D eigenvalue weighted by atomic mass is 16.5. The van der Waals surface area contributed by atoms with Gasteiger partial charge in [-0.1, -0.05) is 6.07 Å². The zero-order chi connectivity index (χ0) is 12.4. The van der Waals surface area contributed by atoms with Crippen LogP contribution in [0.1, 0.15) is 23.6 Å². The molecule has 2 fully saturated rings. The second kappa shape index (κ2) is 5.24. The van der Waals surface area contributed by atoms with Gasteiger partial charge in [0.15, 0.2) is 0 Å². The normalized spacial score (nSPS) is 24.5. The van der Waals surface area contributed by atoms with E-state index in [2.05, 4.69) is 29.3 Å². The van der Waals surface area contributed by atoms with E-state index < -0.39 is 0 Å². The molecule has 1 N–H and O–H groups in total. The standard InChI is InChI=1S/C14H21N3O/c1-11-2-3-13(12-4-9-18-10-12)14(16-11)17-7-5-15-6-8-17/h2-3,12,15H,4-10H2,1H3/t12-/m0/s1. The number of hydrogen-bond donors (Lipinski definition) is 1. The summed E-state index contributed by atoms with van der Waals surface area (Å²) in [6.45, 7) is 8.02. The van der Waals surface area contributed by atoms with Gasteiger partial charge in [0.2, 0.25) is 0 Å². The predicted molar refractivity (Wildman–Crippen MR) is 72.2 cm³/mol. The zero-order valence-corrected chi connectivity index (χ0v) is 11.0. The van der Waals surface area contributed by atoms with Gasteiger partial charge in [-0.3, -0.25) is 0 Å². The minimum absolute atomic E-state index is 0.531. The number of hydrogen-bond acceptors (Lipinski definition) is 4. The Morgan fingerprint density at radius 2 is 2.17 bits per heavy atom. The minimum atomic E-state index is 0.531. The van der Waals surface area contributed by atoms with Crippen LogP contribution in [0, 0.1) is 6.92 Å². The van der Waals surface area contributed by atoms with Crippen molar-refractivity contribution in [3.8, 4) is 0 Å². The molecule has 1 aromatic heterocycles. The molecule has 0 saturated carbocycles. The van der Waals surface area contributed by atoms with E-state index in [9.17, 15) is 0 Å². The molecule has 0 amide bonds. The van der Waals surface area contributed by atoms with Crippen molar-refractivity contribution in [1.82, 2.24) is 10.3 Å². The number of nitrogens with one attached hydrogen (secondary N) is 1. The summed E-state index contributed by atoms with van der Waals surface area (Å²) in [6.07, 6.45) is 1.13. The van der Waals surface area contributed by atoms with Crippen LogP contribution in [0.25, 0.3) is 0 Å². The van der Waals surface area contributed by atoms with Crippen LogP contribution < -0.4 is 10.2 Å². The van der Waals surface area contributed by atoms with Gasteiger partial charge >= 0.3 is 0 Å². The van der Waals surface area contributed by atoms with Crippen LogP contribution in [0.5, 0.6) is 0 Å². The molecule has 1 aromatic rings. The minimum Gasteiger partial charge on any atom is -0.381 e. The average molecular weight is 247 g/mol. The third kappa shape index (κ3) is 2.35. The first-order valence-corrected chi connectivity index (χ1v) is 6.85. The number of pyridine rings is 1. The summed E-state index contributed by atoms with van der Waals surface area (Å²) >= 11 is 0. The molecule has 4 nitrogen and oxygen atoms in total. The highest BCUT2D eigenvalue weighted by Crippen LogP contribution is 2.32. The number of aromatic nitrogens is 1. The quantitative estimate of drug-likeness (QED) is 0.855. The van der Waals surface area contributed by atoms with Crippen LogP contribution >= 0.6 is 0 Å². The van der Waals surface area contributed by atoms with Crippen molar-refractivity contribution in [3.05, 3.63) is 23.4 Å². The molecular weight excluding hydrogens is 226 g/mol. The van der Waals surface area contributed by atoms with Gasteiger partial charge in [-0.25, -0.2) is 4.98 Å². The lowest BCUT2D eigenvalue weighted by molar-refractivity contribution is 0.194. The number of anilines is 1. The number of rotatable bonds is 2. The predicted octanol–water partition coefficient (Wildman–Crippen LogP) is 1.30. The largest absolute Gasteiger partial charge is 0.381 e. The summed E-state index contributed by atoms with van der Waals surface area (Å²) in [7, 11) is 0. The molecule has 2 saturated heterocycles. The van der Waals surface area contributed by atoms with Gasteiger partial charge < -0.3 is 15.0 Å². The Morgan fingerprint density at radius 1 is 1.33 bits per heavy atom. The fraction of sp³-hybridized carbons (Fsp3) is 0.643. The molecule has 18 heavy (non-hydrogen) atoms. The van der Waals surface area contributed by atoms with Gasteiger partial charge in [-0.15, -0.1) is 0 Å². The first kappa shape index (κ1) is 11.9. The highest BCUT2D eigenvalue weighted by Gasteiger charge is 2.24. The molecule has 98 valence electrons. The molecule has 2 aliphatic heterocycles. The Kier molecular flexibility index (Phi) is 3.48. The molecule has 0 radical (unpaired) electrons. The van der Waals surface area contributed by atoms with Crippen molar-refractivity contribution in [2.45, 2.75) is 19.3 Å². The Labute approximate surface area is 108 Å². The maximum atomic E-state index is 5.53. The summed E-state index contributed by atoms with van der Waals surface area (Å²) in [5, 5.41) is 3.39. The SMILES string of the molecule is Cc1ccc([C@H]2CCOC2)c(N2CCNCC2)n1. The third-order valence-electron chi connectivity index (χ3n) is 3.83. The van der Waals surface area contributed by atoms with Crippen LogP contribution in [0.4, 0.5) is 5.82 Å². The lowest BCUT2D eigenvalue weighted by atomic mass is 9.98. The topological polar surface area (TPSA) is 37.4 Å². The second-order valence-corrected chi connectivity index (χ2v) is 5.16. The fourth-order valence-electron chi connectivity index (χ4n) is 2.78. The van der Waals surface area contributed by atoms with E-state index in [-0.39, 0.29) is 0 Å². The van der Waals surface area contributed by atoms with E-state index in [1.807, 2.05) is 0 Å². The van der Waals surface area contributed by atoms with Crippen molar-refractivity contribution in [2.75, 3.05) is 44.3 Å². The van der Waals surface area contributed by atoms with E-state index >= 15 is 0 Å². The Hall–Kier alpha value is -1.13. The fourth-order valence-corrected chi connectivity index (χ4v) is 2.78. The zero-order valence-electron chi connectivity index (χ0n) is 11.0. The molecule has 0 bridgehead atoms. The van der Waals surface area contributed by atoms with E-state index in [0.717, 1.165) is 51.5 Å². The van der Waals surface area contributed by atoms with Crippen LogP contribution in [-0.4, -0.2) is 44.4 Å². The average Bonchev–Trinajstić information content (AvgIpc) is 2.93. The summed E-state index contributed by atoms with van der Waals surface area (Å²) in [4.78, 5) is 7.20. The maximum Gasteiger partial charge on any atom is 0.132 e. The van der Waals surface area contributed by atoms with Gasteiger partial charge in [0.05, 0.1) is 6.61 Å². The Balaban J connectivity index is 1.91. The summed E-state index contributed by atoms with van der Waals surface area (Å²) in [5.41, 5.74) is 2.48. The molecule has 0 unspecified atom stereocenters. The van der Waals surface area contributed by atoms with Gasteiger partial charge in [-0.2, -0.15) is 0 Å². The Morgan fingerprint density at radius 3 is 2.89 bits per heavy atom. The molecule has 0 aromatic carbocycles. The summed E-state index contributed by atoms with van der Waals surface area (Å²) < 4.78 is 5.53. The summed E-state index contributed by atoms with van der Waals surface area (Å²) in [6, 6.07) is 4.37. The van der Waals surface area contributed by atoms with Gasteiger partial charge in [0.1, 0.15) is 5.82 Å². The molecule has 0 spiro atoms. The van der Waals surface area contributed by atoms with Crippen LogP contribution in [-0.2, 0) is 4.74 Å². The van der Waals surface area contributed by atoms with Gasteiger partial charge in [0, 0.05) is 50.0 Å². The first-order valence-electron chi connectivity index (χ1n) is 6.85. The van der Waals surface area contributed by atoms with Crippen LogP contribution in [0.15, 0.2) is 12.1 Å². The maximum absolute atomic E-state index is 5.53. The molecule has 3 heterocycles. The number of nitrogens with zero attached hydrogens (tertiary/aromatic N) is 2. The smallest absolute Gasteiger partial charge is 0.132 e. The van der Waals surface area contributed by atoms with Gasteiger partial charge in [-0.05, 0) is 19.4 Å². The molecular formula is C14H21N3O. The second-order valence-electron chi connectivity index (χ2n) is 5.16. The molecule has 0 aliphatic carbocycles. The molecule has 3 rings (SSSR count). The van der Waals surface area contributed by atoms with E-state index in [1.54, 1.807) is 0 Å². The summed E-state index contributed by atoms with van der Waals surface area (Å²) in [5.74, 6) is 1.72. The molecule has 4 heteroatoms. The van der Waals surface area contributed by atoms with E-state index in [0.29, 0.717) is 5.92 Å². The third-order valence-corrected chi connectivity index (χ3v) is 3.83. The van der Waals surface area contributed by atoms with Crippen molar-refractivity contribution in [3.63, 3.8) is 0 Å². The lowest BCUT2D eigenvalue weighted by Crippen LogP contribution is -2.44. The Bertz CT molecular complexity index is 410. The first-order chi connectivity index (χ1) is 8.84. The van der Waals surface area contributed by atoms with Crippen molar-refractivity contribution < 1.29 is 4.74 Å². The van der Waals surface area contributed by atoms with Crippen LogP contribution in [0.2, 0.25) is 0 Å². The number of piperazine rings is 1. The van der Waals surface area contributed by atoms with E-state index in [4.69, 9.17) is 9.72 Å².